The van der Waals surface area contributed by atoms with E-state index >= 15 is 0 Å². The van der Waals surface area contributed by atoms with Crippen molar-refractivity contribution in [1.82, 2.24) is 0 Å². The minimum absolute atomic E-state index is 0.0672. The summed E-state index contributed by atoms with van der Waals surface area (Å²) in [5, 5.41) is 10.3. The van der Waals surface area contributed by atoms with Crippen LogP contribution < -0.4 is 0 Å². The van der Waals surface area contributed by atoms with Gasteiger partial charge in [-0.05, 0) is 80.0 Å². The molecule has 0 aromatic heterocycles. The Kier molecular flexibility index (Phi) is 4.10. The van der Waals surface area contributed by atoms with Crippen molar-refractivity contribution in [2.45, 2.75) is 90.4 Å². The molecule has 0 bridgehead atoms. The zero-order valence-electron chi connectivity index (χ0n) is 17.0. The van der Waals surface area contributed by atoms with Crippen molar-refractivity contribution in [3.8, 4) is 0 Å². The standard InChI is InChI=1S/C23H38O3/c1-4-15-6-8-19-18-7-5-16-13-17(24)9-10-21(16,2)20(18)14-23(22(15,19)3)25-11-12-26-23/h15-20,24H,4-14H2,1-3H3/t15?,16?,17-,18?,19?,20?,21?,22?/m1/s1. The molecule has 26 heavy (non-hydrogen) atoms. The lowest BCUT2D eigenvalue weighted by Gasteiger charge is -2.65. The highest BCUT2D eigenvalue weighted by Crippen LogP contribution is 2.71. The van der Waals surface area contributed by atoms with Crippen molar-refractivity contribution in [1.29, 1.82) is 0 Å². The number of hydrogen-bond acceptors (Lipinski definition) is 3. The average Bonchev–Trinajstić information content (AvgIpc) is 3.23. The van der Waals surface area contributed by atoms with Crippen molar-refractivity contribution in [3.05, 3.63) is 0 Å². The highest BCUT2D eigenvalue weighted by atomic mass is 16.7. The fourth-order valence-electron chi connectivity index (χ4n) is 8.84. The molecule has 0 radical (unpaired) electrons. The van der Waals surface area contributed by atoms with E-state index in [1.54, 1.807) is 0 Å². The average molecular weight is 363 g/mol. The Hall–Kier alpha value is -0.120. The number of fused-ring (bicyclic) bond motifs is 6. The molecule has 1 spiro atoms. The molecule has 0 amide bonds. The number of ether oxygens (including phenoxy) is 2. The van der Waals surface area contributed by atoms with Crippen LogP contribution in [0.25, 0.3) is 0 Å². The molecular weight excluding hydrogens is 324 g/mol. The van der Waals surface area contributed by atoms with Gasteiger partial charge in [0, 0.05) is 11.8 Å². The first-order valence-corrected chi connectivity index (χ1v) is 11.4. The first kappa shape index (κ1) is 17.9. The summed E-state index contributed by atoms with van der Waals surface area (Å²) >= 11 is 0. The summed E-state index contributed by atoms with van der Waals surface area (Å²) in [4.78, 5) is 0. The van der Waals surface area contributed by atoms with E-state index in [9.17, 15) is 5.11 Å². The van der Waals surface area contributed by atoms with Crippen LogP contribution >= 0.6 is 0 Å². The summed E-state index contributed by atoms with van der Waals surface area (Å²) < 4.78 is 13.1. The van der Waals surface area contributed by atoms with Gasteiger partial charge in [0.1, 0.15) is 0 Å². The smallest absolute Gasteiger partial charge is 0.174 e. The van der Waals surface area contributed by atoms with Crippen molar-refractivity contribution in [2.75, 3.05) is 13.2 Å². The summed E-state index contributed by atoms with van der Waals surface area (Å²) in [7, 11) is 0. The van der Waals surface area contributed by atoms with E-state index in [0.717, 1.165) is 50.2 Å². The molecule has 1 heterocycles. The molecule has 0 aromatic rings. The van der Waals surface area contributed by atoms with Crippen LogP contribution in [-0.4, -0.2) is 30.2 Å². The highest BCUT2D eigenvalue weighted by molar-refractivity contribution is 5.15. The van der Waals surface area contributed by atoms with Crippen molar-refractivity contribution < 1.29 is 14.6 Å². The second-order valence-electron chi connectivity index (χ2n) is 10.7. The van der Waals surface area contributed by atoms with E-state index in [2.05, 4.69) is 20.8 Å². The Balaban J connectivity index is 1.55. The second kappa shape index (κ2) is 5.94. The molecule has 4 saturated carbocycles. The summed E-state index contributed by atoms with van der Waals surface area (Å²) in [6.45, 7) is 9.00. The lowest BCUT2D eigenvalue weighted by molar-refractivity contribution is -0.311. The lowest BCUT2D eigenvalue weighted by Crippen LogP contribution is -2.64. The third-order valence-electron chi connectivity index (χ3n) is 10.2. The van der Waals surface area contributed by atoms with Crippen LogP contribution in [0.15, 0.2) is 0 Å². The number of hydrogen-bond donors (Lipinski definition) is 1. The van der Waals surface area contributed by atoms with Gasteiger partial charge in [-0.1, -0.05) is 27.2 Å². The topological polar surface area (TPSA) is 38.7 Å². The summed E-state index contributed by atoms with van der Waals surface area (Å²) in [5.74, 6) is 3.40. The molecular formula is C23H38O3. The molecule has 3 heteroatoms. The van der Waals surface area contributed by atoms with Gasteiger partial charge < -0.3 is 14.6 Å². The van der Waals surface area contributed by atoms with Gasteiger partial charge in [-0.3, -0.25) is 0 Å². The molecule has 3 nitrogen and oxygen atoms in total. The van der Waals surface area contributed by atoms with E-state index in [-0.39, 0.29) is 17.3 Å². The monoisotopic (exact) mass is 362 g/mol. The predicted molar refractivity (Wildman–Crippen MR) is 102 cm³/mol. The summed E-state index contributed by atoms with van der Waals surface area (Å²) in [6.07, 6.45) is 10.9. The van der Waals surface area contributed by atoms with Crippen LogP contribution in [0.1, 0.15) is 78.6 Å². The van der Waals surface area contributed by atoms with E-state index in [0.29, 0.717) is 17.3 Å². The van der Waals surface area contributed by atoms with Crippen LogP contribution in [-0.2, 0) is 9.47 Å². The molecule has 5 fully saturated rings. The van der Waals surface area contributed by atoms with Crippen molar-refractivity contribution in [3.63, 3.8) is 0 Å². The van der Waals surface area contributed by atoms with E-state index in [4.69, 9.17) is 9.47 Å². The van der Waals surface area contributed by atoms with Crippen LogP contribution in [0.5, 0.6) is 0 Å². The molecule has 148 valence electrons. The third-order valence-corrected chi connectivity index (χ3v) is 10.2. The Labute approximate surface area is 159 Å². The Bertz CT molecular complexity index is 556. The largest absolute Gasteiger partial charge is 0.393 e. The fraction of sp³-hybridized carbons (Fsp3) is 1.00. The SMILES string of the molecule is CCC1CCC2C3CCC4C[C@H](O)CCC4(C)C3CC3(OCCO3)C12C. The van der Waals surface area contributed by atoms with Gasteiger partial charge in [0.05, 0.1) is 19.3 Å². The number of aliphatic hydroxyl groups excluding tert-OH is 1. The molecule has 5 aliphatic rings. The van der Waals surface area contributed by atoms with Gasteiger partial charge in [0.2, 0.25) is 0 Å². The lowest BCUT2D eigenvalue weighted by atomic mass is 9.43. The fourth-order valence-corrected chi connectivity index (χ4v) is 8.84. The Morgan fingerprint density at radius 2 is 1.73 bits per heavy atom. The number of rotatable bonds is 1. The quantitative estimate of drug-likeness (QED) is 0.730. The van der Waals surface area contributed by atoms with Gasteiger partial charge in [-0.2, -0.15) is 0 Å². The molecule has 1 aliphatic heterocycles. The van der Waals surface area contributed by atoms with Gasteiger partial charge in [0.15, 0.2) is 5.79 Å². The first-order valence-electron chi connectivity index (χ1n) is 11.4. The van der Waals surface area contributed by atoms with Gasteiger partial charge in [-0.25, -0.2) is 0 Å². The van der Waals surface area contributed by atoms with Crippen LogP contribution in [0.3, 0.4) is 0 Å². The van der Waals surface area contributed by atoms with E-state index in [1.165, 1.54) is 38.5 Å². The zero-order valence-corrected chi connectivity index (χ0v) is 17.0. The van der Waals surface area contributed by atoms with Crippen LogP contribution in [0, 0.1) is 40.4 Å². The van der Waals surface area contributed by atoms with Crippen LogP contribution in [0.4, 0.5) is 0 Å². The number of aliphatic hydroxyl groups is 1. The maximum Gasteiger partial charge on any atom is 0.174 e. The molecule has 1 N–H and O–H groups in total. The van der Waals surface area contributed by atoms with Gasteiger partial charge >= 0.3 is 0 Å². The highest BCUT2D eigenvalue weighted by Gasteiger charge is 2.70. The van der Waals surface area contributed by atoms with Crippen molar-refractivity contribution >= 4 is 0 Å². The maximum atomic E-state index is 10.3. The normalized spacial score (nSPS) is 55.4. The van der Waals surface area contributed by atoms with E-state index in [1.807, 2.05) is 0 Å². The molecule has 0 aromatic carbocycles. The van der Waals surface area contributed by atoms with Gasteiger partial charge in [0.25, 0.3) is 0 Å². The molecule has 7 unspecified atom stereocenters. The Morgan fingerprint density at radius 1 is 0.962 bits per heavy atom. The molecule has 5 rings (SSSR count). The Morgan fingerprint density at radius 3 is 2.46 bits per heavy atom. The molecule has 4 aliphatic carbocycles. The summed E-state index contributed by atoms with van der Waals surface area (Å²) in [5.41, 5.74) is 0.562. The van der Waals surface area contributed by atoms with Gasteiger partial charge in [-0.15, -0.1) is 0 Å². The minimum atomic E-state index is -0.336. The summed E-state index contributed by atoms with van der Waals surface area (Å²) in [6, 6.07) is 0. The second-order valence-corrected chi connectivity index (χ2v) is 10.7. The van der Waals surface area contributed by atoms with Crippen LogP contribution in [0.2, 0.25) is 0 Å². The first-order chi connectivity index (χ1) is 12.4. The maximum absolute atomic E-state index is 10.3. The zero-order chi connectivity index (χ0) is 18.2. The van der Waals surface area contributed by atoms with Crippen molar-refractivity contribution in [2.24, 2.45) is 40.4 Å². The van der Waals surface area contributed by atoms with E-state index < -0.39 is 0 Å². The predicted octanol–water partition coefficient (Wildman–Crippen LogP) is 4.77. The molecule has 8 atom stereocenters. The molecule has 1 saturated heterocycles. The minimum Gasteiger partial charge on any atom is -0.393 e. The third kappa shape index (κ3) is 2.12.